The molecule has 0 atom stereocenters. The number of amides is 1. The number of benzene rings is 2. The monoisotopic (exact) mass is 416 g/mol. The molecule has 3 aromatic rings. The summed E-state index contributed by atoms with van der Waals surface area (Å²) in [5.41, 5.74) is 2.45. The number of halogens is 1. The molecular weight excluding hydrogens is 400 g/mol. The average Bonchev–Trinajstić information content (AvgIpc) is 3.21. The number of nitrogens with one attached hydrogen (secondary N) is 1. The average molecular weight is 417 g/mol. The van der Waals surface area contributed by atoms with E-state index in [1.807, 2.05) is 6.07 Å². The Balaban J connectivity index is 1.55. The second kappa shape index (κ2) is 7.33. The van der Waals surface area contributed by atoms with E-state index in [9.17, 15) is 13.2 Å². The minimum absolute atomic E-state index is 0.129. The Morgan fingerprint density at radius 2 is 1.86 bits per heavy atom. The summed E-state index contributed by atoms with van der Waals surface area (Å²) < 4.78 is 32.9. The first-order chi connectivity index (χ1) is 13.4. The fraction of sp³-hybridized carbons (Fsp3) is 0.150. The normalized spacial score (nSPS) is 13.8. The van der Waals surface area contributed by atoms with Crippen LogP contribution in [0.1, 0.15) is 21.7 Å². The molecule has 1 aliphatic rings. The zero-order valence-electron chi connectivity index (χ0n) is 14.8. The predicted molar refractivity (Wildman–Crippen MR) is 106 cm³/mol. The number of carbonyl (C=O) groups excluding carboxylic acids is 1. The molecule has 2 heterocycles. The molecular formula is C20H17ClN2O4S. The molecule has 0 fully saturated rings. The van der Waals surface area contributed by atoms with Crippen molar-refractivity contribution < 1.29 is 17.6 Å². The van der Waals surface area contributed by atoms with Crippen molar-refractivity contribution in [2.45, 2.75) is 17.9 Å². The molecule has 0 saturated heterocycles. The van der Waals surface area contributed by atoms with E-state index < -0.39 is 10.0 Å². The number of fused-ring (bicyclic) bond motifs is 1. The molecule has 0 unspecified atom stereocenters. The number of hydrogen-bond donors (Lipinski definition) is 1. The highest BCUT2D eigenvalue weighted by Crippen LogP contribution is 2.26. The summed E-state index contributed by atoms with van der Waals surface area (Å²) in [5.74, 6) is 0.117. The van der Waals surface area contributed by atoms with Crippen LogP contribution < -0.4 is 4.72 Å². The van der Waals surface area contributed by atoms with Gasteiger partial charge in [-0.25, -0.2) is 8.42 Å². The van der Waals surface area contributed by atoms with Crippen LogP contribution in [0.2, 0.25) is 5.02 Å². The summed E-state index contributed by atoms with van der Waals surface area (Å²) in [5, 5.41) is 0.467. The number of furan rings is 1. The first-order valence-corrected chi connectivity index (χ1v) is 10.5. The van der Waals surface area contributed by atoms with Crippen LogP contribution in [0.4, 0.5) is 5.69 Å². The van der Waals surface area contributed by atoms with Gasteiger partial charge in [0.25, 0.3) is 15.9 Å². The number of sulfonamides is 1. The third kappa shape index (κ3) is 3.76. The second-order valence-electron chi connectivity index (χ2n) is 6.50. The highest BCUT2D eigenvalue weighted by Gasteiger charge is 2.24. The highest BCUT2D eigenvalue weighted by atomic mass is 35.5. The van der Waals surface area contributed by atoms with Gasteiger partial charge in [-0.05, 0) is 66.1 Å². The Morgan fingerprint density at radius 1 is 1.07 bits per heavy atom. The molecule has 1 amide bonds. The minimum Gasteiger partial charge on any atom is -0.459 e. The van der Waals surface area contributed by atoms with Gasteiger partial charge in [0.05, 0.1) is 11.2 Å². The zero-order chi connectivity index (χ0) is 19.7. The third-order valence-corrected chi connectivity index (χ3v) is 6.26. The first-order valence-electron chi connectivity index (χ1n) is 8.65. The van der Waals surface area contributed by atoms with E-state index in [0.29, 0.717) is 36.0 Å². The molecule has 8 heteroatoms. The number of rotatable bonds is 4. The second-order valence-corrected chi connectivity index (χ2v) is 8.62. The van der Waals surface area contributed by atoms with Gasteiger partial charge in [0.2, 0.25) is 0 Å². The predicted octanol–water partition coefficient (Wildman–Crippen LogP) is 3.93. The van der Waals surface area contributed by atoms with Crippen LogP contribution in [0, 0.1) is 0 Å². The van der Waals surface area contributed by atoms with Gasteiger partial charge in [-0.15, -0.1) is 0 Å². The lowest BCUT2D eigenvalue weighted by molar-refractivity contribution is 0.0702. The molecule has 0 spiro atoms. The standard InChI is InChI=1S/C20H17ClN2O4S/c21-16-4-7-18(8-5-16)28(25,26)22-17-6-3-14-9-10-23(13-15(14)12-17)20(24)19-2-1-11-27-19/h1-8,11-12,22H,9-10,13H2. The van der Waals surface area contributed by atoms with Gasteiger partial charge in [0, 0.05) is 23.8 Å². The van der Waals surface area contributed by atoms with Crippen molar-refractivity contribution in [1.82, 2.24) is 4.90 Å². The Bertz CT molecular complexity index is 1110. The van der Waals surface area contributed by atoms with Crippen LogP contribution in [-0.2, 0) is 23.0 Å². The summed E-state index contributed by atoms with van der Waals surface area (Å²) in [4.78, 5) is 14.3. The van der Waals surface area contributed by atoms with E-state index in [-0.39, 0.29) is 10.8 Å². The molecule has 0 radical (unpaired) electrons. The molecule has 1 N–H and O–H groups in total. The van der Waals surface area contributed by atoms with E-state index in [2.05, 4.69) is 4.72 Å². The lowest BCUT2D eigenvalue weighted by Crippen LogP contribution is -2.35. The van der Waals surface area contributed by atoms with Crippen molar-refractivity contribution in [2.75, 3.05) is 11.3 Å². The number of anilines is 1. The molecule has 0 bridgehead atoms. The Hall–Kier alpha value is -2.77. The smallest absolute Gasteiger partial charge is 0.289 e. The number of carbonyl (C=O) groups is 1. The van der Waals surface area contributed by atoms with Crippen LogP contribution >= 0.6 is 11.6 Å². The van der Waals surface area contributed by atoms with Crippen LogP contribution in [0.25, 0.3) is 0 Å². The van der Waals surface area contributed by atoms with Gasteiger partial charge >= 0.3 is 0 Å². The van der Waals surface area contributed by atoms with Gasteiger partial charge < -0.3 is 9.32 Å². The summed E-state index contributed by atoms with van der Waals surface area (Å²) in [6.45, 7) is 0.980. The maximum absolute atomic E-state index is 12.6. The van der Waals surface area contributed by atoms with E-state index in [1.54, 1.807) is 29.2 Å². The van der Waals surface area contributed by atoms with E-state index in [0.717, 1.165) is 11.1 Å². The van der Waals surface area contributed by atoms with Crippen LogP contribution in [-0.4, -0.2) is 25.8 Å². The quantitative estimate of drug-likeness (QED) is 0.698. The summed E-state index contributed by atoms with van der Waals surface area (Å²) in [7, 11) is -3.73. The van der Waals surface area contributed by atoms with Gasteiger partial charge in [-0.3, -0.25) is 9.52 Å². The van der Waals surface area contributed by atoms with Crippen LogP contribution in [0.3, 0.4) is 0 Å². The van der Waals surface area contributed by atoms with Crippen molar-refractivity contribution in [2.24, 2.45) is 0 Å². The minimum atomic E-state index is -3.73. The highest BCUT2D eigenvalue weighted by molar-refractivity contribution is 7.92. The summed E-state index contributed by atoms with van der Waals surface area (Å²) >= 11 is 5.82. The SMILES string of the molecule is O=C(c1ccco1)N1CCc2ccc(NS(=O)(=O)c3ccc(Cl)cc3)cc2C1. The van der Waals surface area contributed by atoms with Crippen molar-refractivity contribution in [3.05, 3.63) is 82.8 Å². The van der Waals surface area contributed by atoms with Crippen molar-refractivity contribution in [3.63, 3.8) is 0 Å². The Kier molecular flexibility index (Phi) is 4.87. The third-order valence-electron chi connectivity index (χ3n) is 4.61. The summed E-state index contributed by atoms with van der Waals surface area (Å²) in [6.07, 6.45) is 2.17. The number of nitrogens with zero attached hydrogens (tertiary/aromatic N) is 1. The molecule has 2 aromatic carbocycles. The van der Waals surface area contributed by atoms with E-state index in [4.69, 9.17) is 16.0 Å². The molecule has 144 valence electrons. The van der Waals surface area contributed by atoms with Gasteiger partial charge in [0.1, 0.15) is 0 Å². The number of hydrogen-bond acceptors (Lipinski definition) is 4. The van der Waals surface area contributed by atoms with Gasteiger partial charge in [-0.2, -0.15) is 0 Å². The molecule has 0 aliphatic carbocycles. The Labute approximate surface area is 167 Å². The molecule has 28 heavy (non-hydrogen) atoms. The Morgan fingerprint density at radius 3 is 2.57 bits per heavy atom. The molecule has 1 aliphatic heterocycles. The lowest BCUT2D eigenvalue weighted by atomic mass is 9.99. The molecule has 4 rings (SSSR count). The molecule has 1 aromatic heterocycles. The first kappa shape index (κ1) is 18.6. The van der Waals surface area contributed by atoms with Crippen molar-refractivity contribution >= 4 is 33.2 Å². The zero-order valence-corrected chi connectivity index (χ0v) is 16.3. The van der Waals surface area contributed by atoms with E-state index in [1.165, 1.54) is 30.5 Å². The van der Waals surface area contributed by atoms with E-state index >= 15 is 0 Å². The van der Waals surface area contributed by atoms with Crippen LogP contribution in [0.15, 0.2) is 70.2 Å². The van der Waals surface area contributed by atoms with Crippen molar-refractivity contribution in [3.8, 4) is 0 Å². The largest absolute Gasteiger partial charge is 0.459 e. The van der Waals surface area contributed by atoms with Gasteiger partial charge in [0.15, 0.2) is 5.76 Å². The van der Waals surface area contributed by atoms with Crippen LogP contribution in [0.5, 0.6) is 0 Å². The molecule has 0 saturated carbocycles. The maximum atomic E-state index is 12.6. The van der Waals surface area contributed by atoms with Crippen molar-refractivity contribution in [1.29, 1.82) is 0 Å². The summed E-state index contributed by atoms with van der Waals surface area (Å²) in [6, 6.07) is 14.7. The maximum Gasteiger partial charge on any atom is 0.289 e. The molecule has 6 nitrogen and oxygen atoms in total. The lowest BCUT2D eigenvalue weighted by Gasteiger charge is -2.28. The fourth-order valence-electron chi connectivity index (χ4n) is 3.18. The topological polar surface area (TPSA) is 79.6 Å². The fourth-order valence-corrected chi connectivity index (χ4v) is 4.35. The van der Waals surface area contributed by atoms with Gasteiger partial charge in [-0.1, -0.05) is 17.7 Å².